The molecule has 2 heterocycles. The van der Waals surface area contributed by atoms with Gasteiger partial charge in [-0.3, -0.25) is 19.5 Å². The van der Waals surface area contributed by atoms with E-state index >= 15 is 0 Å². The van der Waals surface area contributed by atoms with E-state index in [0.29, 0.717) is 23.0 Å². The summed E-state index contributed by atoms with van der Waals surface area (Å²) in [4.78, 5) is 37.8. The molecule has 110 valence electrons. The molecule has 6 nitrogen and oxygen atoms in total. The van der Waals surface area contributed by atoms with Crippen LogP contribution in [0.15, 0.2) is 16.9 Å². The van der Waals surface area contributed by atoms with Crippen LogP contribution in [0.5, 0.6) is 0 Å². The highest BCUT2D eigenvalue weighted by Gasteiger charge is 2.30. The van der Waals surface area contributed by atoms with Gasteiger partial charge in [-0.2, -0.15) is 0 Å². The second kappa shape index (κ2) is 4.83. The summed E-state index contributed by atoms with van der Waals surface area (Å²) in [5.74, 6) is -1.30. The Morgan fingerprint density at radius 2 is 2.10 bits per heavy atom. The first-order chi connectivity index (χ1) is 10.0. The number of carbonyl (C=O) groups is 2. The lowest BCUT2D eigenvalue weighted by molar-refractivity contribution is -0.135. The number of aromatic nitrogens is 2. The van der Waals surface area contributed by atoms with Crippen molar-refractivity contribution in [2.24, 2.45) is 0 Å². The van der Waals surface area contributed by atoms with Crippen LogP contribution in [-0.2, 0) is 16.0 Å². The predicted octanol–water partition coefficient (Wildman–Crippen LogP) is 1.01. The summed E-state index contributed by atoms with van der Waals surface area (Å²) in [6.07, 6.45) is 0.896. The van der Waals surface area contributed by atoms with Crippen LogP contribution < -0.4 is 11.0 Å². The van der Waals surface area contributed by atoms with Crippen LogP contribution >= 0.6 is 0 Å². The van der Waals surface area contributed by atoms with E-state index in [0.717, 1.165) is 0 Å². The van der Waals surface area contributed by atoms with E-state index in [1.165, 1.54) is 10.6 Å². The molecule has 1 atom stereocenters. The molecule has 1 saturated heterocycles. The zero-order chi connectivity index (χ0) is 15.1. The monoisotopic (exact) mass is 291 g/mol. The first-order valence-electron chi connectivity index (χ1n) is 6.77. The number of nitrogens with zero attached hydrogens (tertiary/aromatic N) is 1. The smallest absolute Gasteiger partial charge is 0.306 e. The Balaban J connectivity index is 2.16. The maximum atomic E-state index is 14.0. The van der Waals surface area contributed by atoms with E-state index in [-0.39, 0.29) is 18.7 Å². The van der Waals surface area contributed by atoms with Crippen LogP contribution in [0.25, 0.3) is 11.0 Å². The molecule has 7 heteroatoms. The van der Waals surface area contributed by atoms with E-state index in [4.69, 9.17) is 0 Å². The summed E-state index contributed by atoms with van der Waals surface area (Å²) in [6, 6.07) is 2.04. The second-order valence-corrected chi connectivity index (χ2v) is 5.08. The fraction of sp³-hybridized carbons (Fsp3) is 0.357. The average Bonchev–Trinajstić information content (AvgIpc) is 2.73. The third-order valence-electron chi connectivity index (χ3n) is 3.79. The number of amides is 2. The van der Waals surface area contributed by atoms with Gasteiger partial charge < -0.3 is 4.98 Å². The topological polar surface area (TPSA) is 84.0 Å². The van der Waals surface area contributed by atoms with Gasteiger partial charge in [-0.1, -0.05) is 6.92 Å². The van der Waals surface area contributed by atoms with Gasteiger partial charge >= 0.3 is 5.69 Å². The van der Waals surface area contributed by atoms with Crippen molar-refractivity contribution in [2.45, 2.75) is 32.2 Å². The summed E-state index contributed by atoms with van der Waals surface area (Å²) in [5, 5.41) is 2.20. The van der Waals surface area contributed by atoms with Gasteiger partial charge in [0.15, 0.2) is 0 Å². The number of hydrogen-bond donors (Lipinski definition) is 2. The molecule has 0 aliphatic carbocycles. The Hall–Kier alpha value is -2.44. The van der Waals surface area contributed by atoms with Crippen LogP contribution in [0.1, 0.15) is 31.4 Å². The van der Waals surface area contributed by atoms with Crippen LogP contribution in [0, 0.1) is 5.82 Å². The van der Waals surface area contributed by atoms with Crippen LogP contribution in [-0.4, -0.2) is 21.4 Å². The molecule has 1 unspecified atom stereocenters. The van der Waals surface area contributed by atoms with E-state index in [1.54, 1.807) is 6.07 Å². The van der Waals surface area contributed by atoms with E-state index < -0.39 is 23.5 Å². The minimum atomic E-state index is -0.796. The average molecular weight is 291 g/mol. The van der Waals surface area contributed by atoms with Crippen molar-refractivity contribution in [2.75, 3.05) is 0 Å². The zero-order valence-electron chi connectivity index (χ0n) is 11.4. The third kappa shape index (κ3) is 2.14. The molecule has 1 aromatic carbocycles. The van der Waals surface area contributed by atoms with E-state index in [2.05, 4.69) is 10.3 Å². The van der Waals surface area contributed by atoms with Gasteiger partial charge in [0.25, 0.3) is 0 Å². The summed E-state index contributed by atoms with van der Waals surface area (Å²) in [7, 11) is 0. The van der Waals surface area contributed by atoms with Crippen molar-refractivity contribution in [1.29, 1.82) is 0 Å². The molecule has 2 amide bonds. The highest BCUT2D eigenvalue weighted by Crippen LogP contribution is 2.24. The van der Waals surface area contributed by atoms with Crippen molar-refractivity contribution in [1.82, 2.24) is 14.9 Å². The Bertz CT molecular complexity index is 806. The molecule has 1 aliphatic rings. The first kappa shape index (κ1) is 13.5. The molecule has 0 spiro atoms. The van der Waals surface area contributed by atoms with Gasteiger partial charge in [0.2, 0.25) is 11.8 Å². The predicted molar refractivity (Wildman–Crippen MR) is 73.3 cm³/mol. The summed E-state index contributed by atoms with van der Waals surface area (Å²) in [5.41, 5.74) is 0.846. The number of piperidine rings is 1. The molecule has 1 aliphatic heterocycles. The van der Waals surface area contributed by atoms with Gasteiger partial charge in [0, 0.05) is 12.5 Å². The maximum absolute atomic E-state index is 14.0. The number of halogens is 1. The molecule has 21 heavy (non-hydrogen) atoms. The number of rotatable bonds is 2. The largest absolute Gasteiger partial charge is 0.327 e. The zero-order valence-corrected chi connectivity index (χ0v) is 11.4. The van der Waals surface area contributed by atoms with Gasteiger partial charge in [-0.05, 0) is 24.5 Å². The van der Waals surface area contributed by atoms with Gasteiger partial charge in [-0.25, -0.2) is 9.18 Å². The highest BCUT2D eigenvalue weighted by atomic mass is 19.1. The standard InChI is InChI=1S/C14H14FN3O3/c1-2-7-5-9-11(6-8(7)15)18(14(21)16-9)10-3-4-12(19)17-13(10)20/h5-6,10H,2-4H2,1H3,(H,16,21)(H,17,19,20). The van der Waals surface area contributed by atoms with E-state index in [1.807, 2.05) is 6.92 Å². The fourth-order valence-electron chi connectivity index (χ4n) is 2.70. The molecular formula is C14H14FN3O3. The van der Waals surface area contributed by atoms with Gasteiger partial charge in [0.1, 0.15) is 11.9 Å². The van der Waals surface area contributed by atoms with Crippen molar-refractivity contribution in [3.05, 3.63) is 34.0 Å². The molecule has 2 aromatic rings. The number of H-pyrrole nitrogens is 1. The Morgan fingerprint density at radius 3 is 2.76 bits per heavy atom. The minimum Gasteiger partial charge on any atom is -0.306 e. The van der Waals surface area contributed by atoms with Gasteiger partial charge in [0.05, 0.1) is 11.0 Å². The van der Waals surface area contributed by atoms with Crippen LogP contribution in [0.2, 0.25) is 0 Å². The quantitative estimate of drug-likeness (QED) is 0.810. The third-order valence-corrected chi connectivity index (χ3v) is 3.79. The lowest BCUT2D eigenvalue weighted by Crippen LogP contribution is -2.43. The molecule has 0 bridgehead atoms. The molecular weight excluding hydrogens is 277 g/mol. The highest BCUT2D eigenvalue weighted by molar-refractivity contribution is 6.00. The number of aromatic amines is 1. The fourth-order valence-corrected chi connectivity index (χ4v) is 2.70. The minimum absolute atomic E-state index is 0.158. The number of benzene rings is 1. The van der Waals surface area contributed by atoms with E-state index in [9.17, 15) is 18.8 Å². The van der Waals surface area contributed by atoms with Crippen molar-refractivity contribution >= 4 is 22.8 Å². The number of aryl methyl sites for hydroxylation is 1. The Labute approximate surface area is 119 Å². The second-order valence-electron chi connectivity index (χ2n) is 5.08. The number of fused-ring (bicyclic) bond motifs is 1. The number of hydrogen-bond acceptors (Lipinski definition) is 3. The molecule has 0 saturated carbocycles. The van der Waals surface area contributed by atoms with Crippen LogP contribution in [0.4, 0.5) is 4.39 Å². The van der Waals surface area contributed by atoms with Crippen LogP contribution in [0.3, 0.4) is 0 Å². The molecule has 0 radical (unpaired) electrons. The first-order valence-corrected chi connectivity index (χ1v) is 6.77. The van der Waals surface area contributed by atoms with Crippen molar-refractivity contribution in [3.63, 3.8) is 0 Å². The SMILES string of the molecule is CCc1cc2[nH]c(=O)n(C3CCC(=O)NC3=O)c2cc1F. The lowest BCUT2D eigenvalue weighted by atomic mass is 10.1. The molecule has 3 rings (SSSR count). The number of imide groups is 1. The lowest BCUT2D eigenvalue weighted by Gasteiger charge is -2.21. The van der Waals surface area contributed by atoms with Crippen molar-refractivity contribution in [3.8, 4) is 0 Å². The maximum Gasteiger partial charge on any atom is 0.327 e. The normalized spacial score (nSPS) is 19.0. The molecule has 2 N–H and O–H groups in total. The van der Waals surface area contributed by atoms with Crippen molar-refractivity contribution < 1.29 is 14.0 Å². The molecule has 1 fully saturated rings. The number of nitrogens with one attached hydrogen (secondary N) is 2. The molecule has 1 aromatic heterocycles. The summed E-state index contributed by atoms with van der Waals surface area (Å²) >= 11 is 0. The Morgan fingerprint density at radius 1 is 1.33 bits per heavy atom. The summed E-state index contributed by atoms with van der Waals surface area (Å²) < 4.78 is 15.2. The van der Waals surface area contributed by atoms with Gasteiger partial charge in [-0.15, -0.1) is 0 Å². The Kier molecular flexibility index (Phi) is 3.12. The summed E-state index contributed by atoms with van der Waals surface area (Å²) in [6.45, 7) is 1.82. The number of carbonyl (C=O) groups excluding carboxylic acids is 2. The number of imidazole rings is 1.